The van der Waals surface area contributed by atoms with E-state index < -0.39 is 30.5 Å². The Kier molecular flexibility index (Phi) is 3.79. The van der Waals surface area contributed by atoms with Gasteiger partial charge in [0.25, 0.3) is 0 Å². The highest BCUT2D eigenvalue weighted by atomic mass is 16.5. The molecule has 1 aromatic rings. The molecule has 2 rings (SSSR count). The van der Waals surface area contributed by atoms with Gasteiger partial charge in [-0.25, -0.2) is 14.5 Å². The van der Waals surface area contributed by atoms with Crippen molar-refractivity contribution in [3.63, 3.8) is 0 Å². The normalized spacial score (nSPS) is 14.5. The monoisotopic (exact) mass is 277 g/mol. The number of carbonyl (C=O) groups excluding carboxylic acids is 3. The van der Waals surface area contributed by atoms with Crippen LogP contribution < -0.4 is 0 Å². The van der Waals surface area contributed by atoms with Gasteiger partial charge in [-0.05, 0) is 12.1 Å². The Balaban J connectivity index is 2.08. The molecule has 1 saturated heterocycles. The summed E-state index contributed by atoms with van der Waals surface area (Å²) >= 11 is 0. The summed E-state index contributed by atoms with van der Waals surface area (Å²) in [5.74, 6) is -2.97. The van der Waals surface area contributed by atoms with Crippen LogP contribution in [0.5, 0.6) is 0 Å². The number of amides is 2. The molecule has 104 valence electrons. The Morgan fingerprint density at radius 1 is 1.10 bits per heavy atom. The lowest BCUT2D eigenvalue weighted by molar-refractivity contribution is -0.142. The molecule has 1 fully saturated rings. The number of esters is 1. The van der Waals surface area contributed by atoms with Crippen molar-refractivity contribution in [2.24, 2.45) is 0 Å². The lowest BCUT2D eigenvalue weighted by atomic mass is 10.1. The number of likely N-dealkylation sites (tertiary alicyclic amines) is 1. The Morgan fingerprint density at radius 2 is 1.65 bits per heavy atom. The summed E-state index contributed by atoms with van der Waals surface area (Å²) in [6, 6.07) is 5.55. The van der Waals surface area contributed by atoms with Crippen molar-refractivity contribution in [2.45, 2.75) is 12.8 Å². The average molecular weight is 277 g/mol. The minimum absolute atomic E-state index is 0.0993. The van der Waals surface area contributed by atoms with Crippen molar-refractivity contribution < 1.29 is 29.0 Å². The molecule has 1 N–H and O–H groups in total. The lowest BCUT2D eigenvalue weighted by Gasteiger charge is -2.14. The number of carbonyl (C=O) groups is 4. The van der Waals surface area contributed by atoms with Gasteiger partial charge in [0, 0.05) is 12.8 Å². The van der Waals surface area contributed by atoms with Gasteiger partial charge in [0.15, 0.2) is 6.73 Å². The lowest BCUT2D eigenvalue weighted by Crippen LogP contribution is -2.32. The number of nitrogens with zero attached hydrogens (tertiary/aromatic N) is 1. The van der Waals surface area contributed by atoms with Crippen LogP contribution in [0.2, 0.25) is 0 Å². The van der Waals surface area contributed by atoms with Crippen molar-refractivity contribution in [3.8, 4) is 0 Å². The van der Waals surface area contributed by atoms with Gasteiger partial charge in [0.1, 0.15) is 0 Å². The van der Waals surface area contributed by atoms with E-state index in [1.54, 1.807) is 0 Å². The van der Waals surface area contributed by atoms with E-state index in [9.17, 15) is 19.2 Å². The molecule has 1 aliphatic rings. The topological polar surface area (TPSA) is 101 Å². The molecule has 1 aliphatic heterocycles. The molecule has 0 radical (unpaired) electrons. The van der Waals surface area contributed by atoms with Crippen LogP contribution in [-0.2, 0) is 14.3 Å². The highest BCUT2D eigenvalue weighted by Gasteiger charge is 2.30. The first-order valence-electron chi connectivity index (χ1n) is 5.83. The molecule has 0 atom stereocenters. The molecular formula is C13H11NO6. The van der Waals surface area contributed by atoms with Crippen molar-refractivity contribution in [2.75, 3.05) is 6.73 Å². The third-order valence-electron chi connectivity index (χ3n) is 2.86. The van der Waals surface area contributed by atoms with Gasteiger partial charge >= 0.3 is 11.9 Å². The maximum atomic E-state index is 11.8. The minimum atomic E-state index is -1.26. The smallest absolute Gasteiger partial charge is 0.340 e. The zero-order valence-corrected chi connectivity index (χ0v) is 10.4. The molecule has 2 amide bonds. The SMILES string of the molecule is O=C(O)c1ccccc1C(=O)OCN1C(=O)CCC1=O. The Bertz CT molecular complexity index is 578. The third kappa shape index (κ3) is 2.66. The van der Waals surface area contributed by atoms with Crippen LogP contribution in [0.4, 0.5) is 0 Å². The molecule has 1 heterocycles. The van der Waals surface area contributed by atoms with Gasteiger partial charge in [0.05, 0.1) is 11.1 Å². The summed E-state index contributed by atoms with van der Waals surface area (Å²) < 4.78 is 4.83. The predicted octanol–water partition coefficient (Wildman–Crippen LogP) is 0.648. The largest absolute Gasteiger partial charge is 0.478 e. The quantitative estimate of drug-likeness (QED) is 0.640. The van der Waals surface area contributed by atoms with Crippen LogP contribution in [0, 0.1) is 0 Å². The van der Waals surface area contributed by atoms with E-state index >= 15 is 0 Å². The summed E-state index contributed by atoms with van der Waals surface area (Å²) in [4.78, 5) is 46.3. The second-order valence-electron chi connectivity index (χ2n) is 4.13. The molecule has 7 heteroatoms. The number of benzene rings is 1. The maximum absolute atomic E-state index is 11.8. The summed E-state index contributed by atoms with van der Waals surface area (Å²) in [6.45, 7) is -0.496. The van der Waals surface area contributed by atoms with Gasteiger partial charge in [-0.2, -0.15) is 0 Å². The second-order valence-corrected chi connectivity index (χ2v) is 4.13. The second kappa shape index (κ2) is 5.52. The fraction of sp³-hybridized carbons (Fsp3) is 0.231. The number of hydrogen-bond acceptors (Lipinski definition) is 5. The molecule has 0 spiro atoms. The van der Waals surface area contributed by atoms with Gasteiger partial charge in [-0.15, -0.1) is 0 Å². The molecule has 0 bridgehead atoms. The zero-order chi connectivity index (χ0) is 14.7. The van der Waals surface area contributed by atoms with E-state index in [2.05, 4.69) is 0 Å². The first-order valence-corrected chi connectivity index (χ1v) is 5.83. The molecule has 0 aromatic heterocycles. The fourth-order valence-corrected chi connectivity index (χ4v) is 1.82. The van der Waals surface area contributed by atoms with E-state index in [1.807, 2.05) is 0 Å². The minimum Gasteiger partial charge on any atom is -0.478 e. The first kappa shape index (κ1) is 13.7. The van der Waals surface area contributed by atoms with Gasteiger partial charge in [0.2, 0.25) is 11.8 Å². The van der Waals surface area contributed by atoms with E-state index in [0.29, 0.717) is 0 Å². The highest BCUT2D eigenvalue weighted by Crippen LogP contribution is 2.14. The molecule has 0 unspecified atom stereocenters. The maximum Gasteiger partial charge on any atom is 0.340 e. The van der Waals surface area contributed by atoms with Gasteiger partial charge in [-0.1, -0.05) is 12.1 Å². The molecule has 0 aliphatic carbocycles. The van der Waals surface area contributed by atoms with E-state index in [-0.39, 0.29) is 24.0 Å². The van der Waals surface area contributed by atoms with Crippen LogP contribution in [0.3, 0.4) is 0 Å². The van der Waals surface area contributed by atoms with Crippen molar-refractivity contribution in [1.29, 1.82) is 0 Å². The van der Waals surface area contributed by atoms with Gasteiger partial charge in [-0.3, -0.25) is 9.59 Å². The number of imide groups is 1. The Hall–Kier alpha value is -2.70. The highest BCUT2D eigenvalue weighted by molar-refractivity contribution is 6.03. The standard InChI is InChI=1S/C13H11NO6/c15-10-5-6-11(16)14(10)7-20-13(19)9-4-2-1-3-8(9)12(17)18/h1-4H,5-7H2,(H,17,18). The molecule has 0 saturated carbocycles. The van der Waals surface area contributed by atoms with Crippen molar-refractivity contribution in [1.82, 2.24) is 4.90 Å². The molecular weight excluding hydrogens is 266 g/mol. The number of carboxylic acid groups (broad SMARTS) is 1. The van der Waals surface area contributed by atoms with E-state index in [1.165, 1.54) is 24.3 Å². The van der Waals surface area contributed by atoms with Crippen LogP contribution in [0.15, 0.2) is 24.3 Å². The Labute approximate surface area is 113 Å². The van der Waals surface area contributed by atoms with E-state index in [4.69, 9.17) is 9.84 Å². The van der Waals surface area contributed by atoms with Gasteiger partial charge < -0.3 is 9.84 Å². The number of rotatable bonds is 4. The molecule has 1 aromatic carbocycles. The van der Waals surface area contributed by atoms with Crippen molar-refractivity contribution in [3.05, 3.63) is 35.4 Å². The fourth-order valence-electron chi connectivity index (χ4n) is 1.82. The molecule has 20 heavy (non-hydrogen) atoms. The van der Waals surface area contributed by atoms with Crippen molar-refractivity contribution >= 4 is 23.8 Å². The van der Waals surface area contributed by atoms with Crippen LogP contribution in [-0.4, -0.2) is 40.5 Å². The summed E-state index contributed by atoms with van der Waals surface area (Å²) in [5.41, 5.74) is -0.323. The number of aromatic carboxylic acids is 1. The number of carboxylic acids is 1. The summed E-state index contributed by atoms with van der Waals surface area (Å²) in [7, 11) is 0. The van der Waals surface area contributed by atoms with Crippen LogP contribution >= 0.6 is 0 Å². The number of hydrogen-bond donors (Lipinski definition) is 1. The van der Waals surface area contributed by atoms with Crippen LogP contribution in [0.1, 0.15) is 33.6 Å². The molecule has 7 nitrogen and oxygen atoms in total. The summed E-state index contributed by atoms with van der Waals surface area (Å²) in [6.07, 6.45) is 0.199. The Morgan fingerprint density at radius 3 is 2.20 bits per heavy atom. The summed E-state index contributed by atoms with van der Waals surface area (Å²) in [5, 5.41) is 8.95. The average Bonchev–Trinajstić information content (AvgIpc) is 2.75. The predicted molar refractivity (Wildman–Crippen MR) is 64.8 cm³/mol. The third-order valence-corrected chi connectivity index (χ3v) is 2.86. The number of ether oxygens (including phenoxy) is 1. The zero-order valence-electron chi connectivity index (χ0n) is 10.4. The first-order chi connectivity index (χ1) is 9.50. The van der Waals surface area contributed by atoms with E-state index in [0.717, 1.165) is 4.90 Å². The van der Waals surface area contributed by atoms with Crippen LogP contribution in [0.25, 0.3) is 0 Å².